The highest BCUT2D eigenvalue weighted by Crippen LogP contribution is 2.21. The molecule has 0 spiro atoms. The van der Waals surface area contributed by atoms with Crippen molar-refractivity contribution in [2.24, 2.45) is 0 Å². The van der Waals surface area contributed by atoms with Gasteiger partial charge >= 0.3 is 6.09 Å². The van der Waals surface area contributed by atoms with Gasteiger partial charge in [0.15, 0.2) is 0 Å². The quantitative estimate of drug-likeness (QED) is 0.897. The predicted molar refractivity (Wildman–Crippen MR) is 81.2 cm³/mol. The number of carbonyl (C=O) groups excluding carboxylic acids is 1. The molecule has 5 nitrogen and oxygen atoms in total. The molecular formula is C16H24N2O3. The fourth-order valence-electron chi connectivity index (χ4n) is 2.29. The van der Waals surface area contributed by atoms with Crippen molar-refractivity contribution in [2.75, 3.05) is 19.7 Å². The van der Waals surface area contributed by atoms with Crippen molar-refractivity contribution >= 4 is 6.09 Å². The summed E-state index contributed by atoms with van der Waals surface area (Å²) in [6.45, 7) is 7.73. The van der Waals surface area contributed by atoms with Crippen molar-refractivity contribution in [2.45, 2.75) is 38.5 Å². The monoisotopic (exact) mass is 292 g/mol. The average molecular weight is 292 g/mol. The van der Waals surface area contributed by atoms with Crippen LogP contribution in [0.5, 0.6) is 0 Å². The molecule has 2 unspecified atom stereocenters. The summed E-state index contributed by atoms with van der Waals surface area (Å²) in [5, 5.41) is 6.22. The van der Waals surface area contributed by atoms with Gasteiger partial charge in [-0.25, -0.2) is 4.79 Å². The van der Waals surface area contributed by atoms with Crippen LogP contribution >= 0.6 is 0 Å². The first-order valence-corrected chi connectivity index (χ1v) is 7.32. The first kappa shape index (κ1) is 15.8. The summed E-state index contributed by atoms with van der Waals surface area (Å²) in [6, 6.07) is 9.60. The van der Waals surface area contributed by atoms with Crippen molar-refractivity contribution in [3.05, 3.63) is 35.9 Å². The minimum absolute atomic E-state index is 0.103. The maximum Gasteiger partial charge on any atom is 0.408 e. The highest BCUT2D eigenvalue weighted by molar-refractivity contribution is 5.68. The number of hydrogen-bond acceptors (Lipinski definition) is 4. The van der Waals surface area contributed by atoms with Gasteiger partial charge in [0.2, 0.25) is 0 Å². The largest absolute Gasteiger partial charge is 0.444 e. The minimum Gasteiger partial charge on any atom is -0.444 e. The third-order valence-corrected chi connectivity index (χ3v) is 3.16. The van der Waals surface area contributed by atoms with Gasteiger partial charge in [-0.2, -0.15) is 0 Å². The van der Waals surface area contributed by atoms with Gasteiger partial charge in [0.1, 0.15) is 5.60 Å². The molecule has 2 atom stereocenters. The van der Waals surface area contributed by atoms with Crippen molar-refractivity contribution in [1.82, 2.24) is 10.6 Å². The van der Waals surface area contributed by atoms with E-state index in [2.05, 4.69) is 10.6 Å². The van der Waals surface area contributed by atoms with Crippen molar-refractivity contribution in [3.8, 4) is 0 Å². The van der Waals surface area contributed by atoms with Crippen molar-refractivity contribution in [1.29, 1.82) is 0 Å². The lowest BCUT2D eigenvalue weighted by atomic mass is 10.0. The second kappa shape index (κ2) is 6.91. The van der Waals surface area contributed by atoms with E-state index in [0.29, 0.717) is 13.2 Å². The summed E-state index contributed by atoms with van der Waals surface area (Å²) in [5.74, 6) is 0. The van der Waals surface area contributed by atoms with Gasteiger partial charge in [0, 0.05) is 13.1 Å². The summed E-state index contributed by atoms with van der Waals surface area (Å²) in [4.78, 5) is 12.1. The van der Waals surface area contributed by atoms with E-state index in [1.54, 1.807) is 0 Å². The number of ether oxygens (including phenoxy) is 2. The van der Waals surface area contributed by atoms with Gasteiger partial charge in [-0.1, -0.05) is 30.3 Å². The molecule has 1 amide bonds. The van der Waals surface area contributed by atoms with Crippen LogP contribution in [0.2, 0.25) is 0 Å². The zero-order valence-electron chi connectivity index (χ0n) is 12.9. The fraction of sp³-hybridized carbons (Fsp3) is 0.562. The molecule has 1 heterocycles. The molecule has 1 aromatic rings. The minimum atomic E-state index is -0.517. The van der Waals surface area contributed by atoms with Gasteiger partial charge in [-0.15, -0.1) is 0 Å². The third kappa shape index (κ3) is 5.02. The number of carbonyl (C=O) groups is 1. The Labute approximate surface area is 126 Å². The zero-order chi connectivity index (χ0) is 15.3. The number of hydrogen-bond donors (Lipinski definition) is 2. The van der Waals surface area contributed by atoms with Gasteiger partial charge in [-0.3, -0.25) is 0 Å². The van der Waals surface area contributed by atoms with Crippen LogP contribution in [0.3, 0.4) is 0 Å². The number of nitrogens with one attached hydrogen (secondary N) is 2. The normalized spacial score (nSPS) is 20.6. The molecule has 0 aromatic heterocycles. The van der Waals surface area contributed by atoms with E-state index in [1.807, 2.05) is 51.1 Å². The Morgan fingerprint density at radius 1 is 1.38 bits per heavy atom. The Balaban J connectivity index is 2.10. The van der Waals surface area contributed by atoms with Crippen LogP contribution in [0.4, 0.5) is 4.79 Å². The lowest BCUT2D eigenvalue weighted by Gasteiger charge is -2.32. The maximum atomic E-state index is 12.1. The fourth-order valence-corrected chi connectivity index (χ4v) is 2.29. The van der Waals surface area contributed by atoms with E-state index in [1.165, 1.54) is 0 Å². The van der Waals surface area contributed by atoms with Crippen LogP contribution in [-0.4, -0.2) is 37.5 Å². The van der Waals surface area contributed by atoms with Gasteiger partial charge in [0.25, 0.3) is 0 Å². The first-order valence-electron chi connectivity index (χ1n) is 7.32. The van der Waals surface area contributed by atoms with Crippen molar-refractivity contribution in [3.63, 3.8) is 0 Å². The van der Waals surface area contributed by atoms with Crippen molar-refractivity contribution < 1.29 is 14.3 Å². The molecule has 1 saturated heterocycles. The molecule has 0 bridgehead atoms. The smallest absolute Gasteiger partial charge is 0.408 e. The lowest BCUT2D eigenvalue weighted by Crippen LogP contribution is -2.48. The van der Waals surface area contributed by atoms with E-state index in [-0.39, 0.29) is 12.1 Å². The highest BCUT2D eigenvalue weighted by atomic mass is 16.6. The number of amides is 1. The maximum absolute atomic E-state index is 12.1. The Kier molecular flexibility index (Phi) is 5.20. The molecule has 2 rings (SSSR count). The van der Waals surface area contributed by atoms with Crippen LogP contribution in [0.1, 0.15) is 32.4 Å². The zero-order valence-corrected chi connectivity index (χ0v) is 12.9. The molecular weight excluding hydrogens is 268 g/mol. The summed E-state index contributed by atoms with van der Waals surface area (Å²) < 4.78 is 11.1. The number of rotatable bonds is 3. The Morgan fingerprint density at radius 3 is 2.67 bits per heavy atom. The summed E-state index contributed by atoms with van der Waals surface area (Å²) in [5.41, 5.74) is 0.494. The first-order chi connectivity index (χ1) is 9.96. The molecule has 1 aromatic carbocycles. The molecule has 1 aliphatic heterocycles. The third-order valence-electron chi connectivity index (χ3n) is 3.16. The molecule has 0 aliphatic carbocycles. The van der Waals surface area contributed by atoms with E-state index >= 15 is 0 Å². The lowest BCUT2D eigenvalue weighted by molar-refractivity contribution is -0.00300. The summed E-state index contributed by atoms with van der Waals surface area (Å²) >= 11 is 0. The molecule has 0 saturated carbocycles. The van der Waals surface area contributed by atoms with E-state index in [4.69, 9.17) is 9.47 Å². The number of alkyl carbamates (subject to hydrolysis) is 1. The van der Waals surface area contributed by atoms with Crippen LogP contribution < -0.4 is 10.6 Å². The van der Waals surface area contributed by atoms with Crippen LogP contribution in [-0.2, 0) is 9.47 Å². The molecule has 5 heteroatoms. The summed E-state index contributed by atoms with van der Waals surface area (Å²) in [6.07, 6.45) is -0.529. The molecule has 0 radical (unpaired) electrons. The highest BCUT2D eigenvalue weighted by Gasteiger charge is 2.29. The van der Waals surface area contributed by atoms with Crippen LogP contribution in [0, 0.1) is 0 Å². The molecule has 116 valence electrons. The Hall–Kier alpha value is -1.59. The van der Waals surface area contributed by atoms with E-state index < -0.39 is 11.7 Å². The van der Waals surface area contributed by atoms with Crippen LogP contribution in [0.25, 0.3) is 0 Å². The van der Waals surface area contributed by atoms with Gasteiger partial charge in [0.05, 0.1) is 18.8 Å². The topological polar surface area (TPSA) is 59.6 Å². The van der Waals surface area contributed by atoms with E-state index in [9.17, 15) is 4.79 Å². The number of morpholine rings is 1. The number of benzene rings is 1. The predicted octanol–water partition coefficient (Wildman–Crippen LogP) is 2.24. The Morgan fingerprint density at radius 2 is 2.10 bits per heavy atom. The average Bonchev–Trinajstić information content (AvgIpc) is 2.45. The molecule has 1 aliphatic rings. The molecule has 2 N–H and O–H groups in total. The standard InChI is InChI=1S/C16H24N2O3/c1-16(2,3)21-15(19)18-14(12-7-5-4-6-8-12)13-11-17-9-10-20-13/h4-8,13-14,17H,9-11H2,1-3H3,(H,18,19). The van der Waals surface area contributed by atoms with E-state index in [0.717, 1.165) is 12.1 Å². The molecule has 1 fully saturated rings. The van der Waals surface area contributed by atoms with Crippen LogP contribution in [0.15, 0.2) is 30.3 Å². The SMILES string of the molecule is CC(C)(C)OC(=O)NC(c1ccccc1)C1CNCCO1. The Bertz CT molecular complexity index is 450. The second-order valence-electron chi connectivity index (χ2n) is 6.15. The molecule has 21 heavy (non-hydrogen) atoms. The van der Waals surface area contributed by atoms with Gasteiger partial charge in [-0.05, 0) is 26.3 Å². The summed E-state index contributed by atoms with van der Waals surface area (Å²) in [7, 11) is 0. The second-order valence-corrected chi connectivity index (χ2v) is 6.15. The van der Waals surface area contributed by atoms with Gasteiger partial charge < -0.3 is 20.1 Å².